The van der Waals surface area contributed by atoms with Gasteiger partial charge in [0.25, 0.3) is 21.4 Å². The largest absolute Gasteiger partial charge is 0.394 e. The molecule has 0 heterocycles. The quantitative estimate of drug-likeness (QED) is 0.497. The number of aliphatic hydroxyl groups excluding tert-OH is 1. The van der Waals surface area contributed by atoms with Crippen LogP contribution in [-0.2, 0) is 25.6 Å². The first-order valence-electron chi connectivity index (χ1n) is 4.44. The summed E-state index contributed by atoms with van der Waals surface area (Å²) >= 11 is -2.39. The van der Waals surface area contributed by atoms with Crippen molar-refractivity contribution < 1.29 is 26.5 Å². The average molecular weight is 281 g/mol. The zero-order valence-electron chi connectivity index (χ0n) is 8.57. The van der Waals surface area contributed by atoms with Crippen LogP contribution in [0.15, 0.2) is 29.2 Å². The summed E-state index contributed by atoms with van der Waals surface area (Å²) in [6.45, 7) is -0.820. The summed E-state index contributed by atoms with van der Waals surface area (Å²) in [6.07, 6.45) is 0. The fraction of sp³-hybridized carbons (Fsp3) is 0.250. The van der Waals surface area contributed by atoms with E-state index in [1.165, 1.54) is 24.3 Å². The van der Waals surface area contributed by atoms with Gasteiger partial charge >= 0.3 is 0 Å². The summed E-state index contributed by atoms with van der Waals surface area (Å²) in [5.74, 6) is 0. The molecule has 0 aliphatic heterocycles. The van der Waals surface area contributed by atoms with E-state index in [4.69, 9.17) is 9.66 Å². The number of rotatable bonds is 6. The first-order valence-corrected chi connectivity index (χ1v) is 6.95. The monoisotopic (exact) mass is 281 g/mol. The predicted molar refractivity (Wildman–Crippen MR) is 61.1 cm³/mol. The number of hydrogen-bond donors (Lipinski definition) is 3. The summed E-state index contributed by atoms with van der Waals surface area (Å²) in [5.41, 5.74) is -0.0497. The van der Waals surface area contributed by atoms with Crippen molar-refractivity contribution in [3.05, 3.63) is 24.3 Å². The Hall–Kier alpha value is -1.00. The van der Waals surface area contributed by atoms with Gasteiger partial charge in [0.2, 0.25) is 0 Å². The minimum absolute atomic E-state index is 0.0497. The van der Waals surface area contributed by atoms with E-state index in [0.717, 1.165) is 0 Å². The topological polar surface area (TPSA) is 113 Å². The Labute approximate surface area is 101 Å². The van der Waals surface area contributed by atoms with E-state index in [-0.39, 0.29) is 17.2 Å². The van der Waals surface area contributed by atoms with Gasteiger partial charge in [0.05, 0.1) is 18.9 Å². The highest BCUT2D eigenvalue weighted by molar-refractivity contribution is 7.87. The lowest BCUT2D eigenvalue weighted by Gasteiger charge is -2.09. The van der Waals surface area contributed by atoms with E-state index in [2.05, 4.69) is 8.91 Å². The van der Waals surface area contributed by atoms with Crippen molar-refractivity contribution in [2.75, 3.05) is 17.9 Å². The molecule has 17 heavy (non-hydrogen) atoms. The molecule has 0 aliphatic rings. The van der Waals surface area contributed by atoms with Gasteiger partial charge in [-0.1, -0.05) is 12.1 Å². The van der Waals surface area contributed by atoms with Gasteiger partial charge in [-0.2, -0.15) is 8.42 Å². The first kappa shape index (κ1) is 14.1. The molecule has 1 aromatic rings. The van der Waals surface area contributed by atoms with E-state index in [1.54, 1.807) is 0 Å². The molecule has 0 bridgehead atoms. The second-order valence-electron chi connectivity index (χ2n) is 2.85. The number of anilines is 1. The molecular formula is C8H11NO6S2. The van der Waals surface area contributed by atoms with Gasteiger partial charge in [0, 0.05) is 0 Å². The van der Waals surface area contributed by atoms with Crippen LogP contribution in [0.4, 0.5) is 5.69 Å². The van der Waals surface area contributed by atoms with Gasteiger partial charge in [-0.3, -0.25) is 13.5 Å². The van der Waals surface area contributed by atoms with E-state index in [1.807, 2.05) is 0 Å². The Bertz CT molecular complexity index is 500. The van der Waals surface area contributed by atoms with Crippen LogP contribution < -0.4 is 4.72 Å². The number of benzene rings is 1. The van der Waals surface area contributed by atoms with Gasteiger partial charge < -0.3 is 5.11 Å². The van der Waals surface area contributed by atoms with Crippen LogP contribution in [0.25, 0.3) is 0 Å². The van der Waals surface area contributed by atoms with E-state index in [9.17, 15) is 12.6 Å². The van der Waals surface area contributed by atoms with Crippen LogP contribution in [0.5, 0.6) is 0 Å². The second-order valence-corrected chi connectivity index (χ2v) is 5.13. The third kappa shape index (κ3) is 4.06. The molecule has 0 saturated carbocycles. The van der Waals surface area contributed by atoms with Crippen LogP contribution in [0.2, 0.25) is 0 Å². The van der Waals surface area contributed by atoms with Gasteiger partial charge in [-0.05, 0) is 12.1 Å². The normalized spacial score (nSPS) is 13.3. The van der Waals surface area contributed by atoms with Crippen molar-refractivity contribution in [2.24, 2.45) is 0 Å². The molecule has 0 aliphatic carbocycles. The molecule has 1 unspecified atom stereocenters. The van der Waals surface area contributed by atoms with Crippen LogP contribution in [0.3, 0.4) is 0 Å². The maximum Gasteiger partial charge on any atom is 0.299 e. The summed E-state index contributed by atoms with van der Waals surface area (Å²) < 4.78 is 49.1. The molecule has 0 saturated heterocycles. The van der Waals surface area contributed by atoms with E-state index >= 15 is 0 Å². The SMILES string of the molecule is O=S(O)Nc1ccccc1S(=O)(=O)OCCO. The molecule has 9 heteroatoms. The zero-order chi connectivity index (χ0) is 12.9. The molecule has 0 fully saturated rings. The number of nitrogens with one attached hydrogen (secondary N) is 1. The van der Waals surface area contributed by atoms with Crippen molar-refractivity contribution >= 4 is 27.1 Å². The highest BCUT2D eigenvalue weighted by atomic mass is 32.2. The molecule has 0 amide bonds. The summed E-state index contributed by atoms with van der Waals surface area (Å²) in [7, 11) is -4.07. The smallest absolute Gasteiger partial charge is 0.299 e. The van der Waals surface area contributed by atoms with Crippen molar-refractivity contribution in [3.63, 3.8) is 0 Å². The Kier molecular flexibility index (Phi) is 5.02. The highest BCUT2D eigenvalue weighted by Crippen LogP contribution is 2.22. The van der Waals surface area contributed by atoms with Gasteiger partial charge in [0.15, 0.2) is 0 Å². The minimum Gasteiger partial charge on any atom is -0.394 e. The highest BCUT2D eigenvalue weighted by Gasteiger charge is 2.19. The molecule has 1 atom stereocenters. The molecular weight excluding hydrogens is 270 g/mol. The zero-order valence-corrected chi connectivity index (χ0v) is 10.2. The minimum atomic E-state index is -4.07. The maximum atomic E-state index is 11.6. The summed E-state index contributed by atoms with van der Waals surface area (Å²) in [4.78, 5) is -0.268. The molecule has 1 rings (SSSR count). The van der Waals surface area contributed by atoms with Crippen molar-refractivity contribution in [3.8, 4) is 0 Å². The van der Waals surface area contributed by atoms with E-state index < -0.39 is 28.0 Å². The van der Waals surface area contributed by atoms with Gasteiger partial charge in [-0.15, -0.1) is 0 Å². The van der Waals surface area contributed by atoms with Crippen LogP contribution >= 0.6 is 0 Å². The van der Waals surface area contributed by atoms with E-state index in [0.29, 0.717) is 0 Å². The lowest BCUT2D eigenvalue weighted by Crippen LogP contribution is -2.13. The lowest BCUT2D eigenvalue weighted by molar-refractivity contribution is 0.205. The fourth-order valence-electron chi connectivity index (χ4n) is 1.07. The Morgan fingerprint density at radius 1 is 1.35 bits per heavy atom. The van der Waals surface area contributed by atoms with Gasteiger partial charge in [0.1, 0.15) is 4.90 Å². The number of para-hydroxylation sites is 1. The summed E-state index contributed by atoms with van der Waals surface area (Å²) in [5, 5.41) is 8.50. The standard InChI is InChI=1S/C8H11NO6S2/c10-5-6-15-17(13,14)8-4-2-1-3-7(8)9-16(11)12/h1-4,9-10H,5-6H2,(H,11,12). The van der Waals surface area contributed by atoms with Gasteiger partial charge in [-0.25, -0.2) is 4.21 Å². The molecule has 3 N–H and O–H groups in total. The fourth-order valence-corrected chi connectivity index (χ4v) is 2.56. The third-order valence-electron chi connectivity index (χ3n) is 1.68. The Balaban J connectivity index is 3.08. The lowest BCUT2D eigenvalue weighted by atomic mass is 10.3. The second kappa shape index (κ2) is 6.07. The predicted octanol–water partition coefficient (Wildman–Crippen LogP) is -0.0672. The van der Waals surface area contributed by atoms with Crippen molar-refractivity contribution in [1.29, 1.82) is 0 Å². The molecule has 1 aromatic carbocycles. The molecule has 96 valence electrons. The average Bonchev–Trinajstić information content (AvgIpc) is 2.26. The molecule has 0 aromatic heterocycles. The molecule has 0 spiro atoms. The molecule has 7 nitrogen and oxygen atoms in total. The Morgan fingerprint density at radius 3 is 2.59 bits per heavy atom. The van der Waals surface area contributed by atoms with Crippen LogP contribution in [-0.4, -0.2) is 35.5 Å². The molecule has 0 radical (unpaired) electrons. The van der Waals surface area contributed by atoms with Crippen LogP contribution in [0.1, 0.15) is 0 Å². The third-order valence-corrected chi connectivity index (χ3v) is 3.45. The first-order chi connectivity index (χ1) is 7.97. The number of hydrogen-bond acceptors (Lipinski definition) is 5. The Morgan fingerprint density at radius 2 is 2.00 bits per heavy atom. The van der Waals surface area contributed by atoms with Crippen molar-refractivity contribution in [2.45, 2.75) is 4.90 Å². The maximum absolute atomic E-state index is 11.6. The van der Waals surface area contributed by atoms with Crippen molar-refractivity contribution in [1.82, 2.24) is 0 Å². The summed E-state index contributed by atoms with van der Waals surface area (Å²) in [6, 6.07) is 5.49. The van der Waals surface area contributed by atoms with Crippen LogP contribution in [0, 0.1) is 0 Å². The number of aliphatic hydroxyl groups is 1.